The number of carbonyl (C=O) groups excluding carboxylic acids is 2. The molecule has 0 aromatic heterocycles. The molecule has 30 heavy (non-hydrogen) atoms. The van der Waals surface area contributed by atoms with Gasteiger partial charge < -0.3 is 14.8 Å². The molecule has 2 aromatic rings. The van der Waals surface area contributed by atoms with Gasteiger partial charge >= 0.3 is 0 Å². The summed E-state index contributed by atoms with van der Waals surface area (Å²) in [6.07, 6.45) is 0.0699. The van der Waals surface area contributed by atoms with E-state index in [0.717, 1.165) is 11.4 Å². The number of nitrogens with one attached hydrogen (secondary N) is 1. The van der Waals surface area contributed by atoms with Gasteiger partial charge in [-0.25, -0.2) is 4.99 Å². The van der Waals surface area contributed by atoms with Gasteiger partial charge in [0.25, 0.3) is 0 Å². The Balaban J connectivity index is 1.67. The van der Waals surface area contributed by atoms with E-state index in [0.29, 0.717) is 29.8 Å². The Morgan fingerprint density at radius 3 is 2.60 bits per heavy atom. The lowest BCUT2D eigenvalue weighted by atomic mass is 10.2. The molecule has 1 saturated heterocycles. The Hall–Kier alpha value is -3.00. The number of rotatable bonds is 8. The van der Waals surface area contributed by atoms with E-state index in [1.54, 1.807) is 24.1 Å². The molecule has 158 valence electrons. The second-order valence-corrected chi connectivity index (χ2v) is 7.66. The number of hydrogen-bond donors (Lipinski definition) is 1. The molecule has 0 aliphatic carbocycles. The molecule has 1 fully saturated rings. The summed E-state index contributed by atoms with van der Waals surface area (Å²) in [5.74, 6) is 1.10. The fourth-order valence-electron chi connectivity index (χ4n) is 2.99. The van der Waals surface area contributed by atoms with Crippen LogP contribution in [0.15, 0.2) is 53.5 Å². The van der Waals surface area contributed by atoms with Crippen molar-refractivity contribution in [3.63, 3.8) is 0 Å². The highest BCUT2D eigenvalue weighted by Gasteiger charge is 2.38. The van der Waals surface area contributed by atoms with Crippen LogP contribution in [-0.2, 0) is 9.59 Å². The lowest BCUT2D eigenvalue weighted by molar-refractivity contribution is -0.128. The Labute approximate surface area is 180 Å². The molecule has 0 unspecified atom stereocenters. The third-order valence-electron chi connectivity index (χ3n) is 4.43. The molecule has 2 aromatic carbocycles. The lowest BCUT2D eigenvalue weighted by Crippen LogP contribution is -2.33. The standard InChI is InChI=1S/C22H25N3O4S/c1-4-25-21(27)19(30-22(25)24-15-9-11-17(28-3)12-10-15)14-20(26)23-16-7-6-8-18(13-16)29-5-2/h6-13,19H,4-5,14H2,1-3H3,(H,23,26)/t19-/m1/s1. The Morgan fingerprint density at radius 1 is 1.17 bits per heavy atom. The topological polar surface area (TPSA) is 80.2 Å². The number of methoxy groups -OCH3 is 1. The monoisotopic (exact) mass is 427 g/mol. The third-order valence-corrected chi connectivity index (χ3v) is 5.61. The van der Waals surface area contributed by atoms with Crippen molar-refractivity contribution in [1.29, 1.82) is 0 Å². The van der Waals surface area contributed by atoms with E-state index in [2.05, 4.69) is 10.3 Å². The number of nitrogens with zero attached hydrogens (tertiary/aromatic N) is 2. The molecular formula is C22H25N3O4S. The van der Waals surface area contributed by atoms with Gasteiger partial charge in [-0.05, 0) is 50.2 Å². The maximum atomic E-state index is 12.8. The number of benzene rings is 2. The number of ether oxygens (including phenoxy) is 2. The van der Waals surface area contributed by atoms with Crippen LogP contribution in [0.1, 0.15) is 20.3 Å². The van der Waals surface area contributed by atoms with Crippen molar-refractivity contribution in [2.75, 3.05) is 25.6 Å². The van der Waals surface area contributed by atoms with E-state index in [1.807, 2.05) is 50.2 Å². The quantitative estimate of drug-likeness (QED) is 0.687. The van der Waals surface area contributed by atoms with Crippen LogP contribution in [0.4, 0.5) is 11.4 Å². The van der Waals surface area contributed by atoms with E-state index < -0.39 is 5.25 Å². The minimum Gasteiger partial charge on any atom is -0.497 e. The zero-order chi connectivity index (χ0) is 21.5. The first-order valence-electron chi connectivity index (χ1n) is 9.77. The SMILES string of the molecule is CCOc1cccc(NC(=O)C[C@H]2SC(=Nc3ccc(OC)cc3)N(CC)C2=O)c1. The van der Waals surface area contributed by atoms with E-state index >= 15 is 0 Å². The highest BCUT2D eigenvalue weighted by molar-refractivity contribution is 8.15. The number of carbonyl (C=O) groups is 2. The Bertz CT molecular complexity index is 930. The van der Waals surface area contributed by atoms with E-state index in [-0.39, 0.29) is 18.2 Å². The smallest absolute Gasteiger partial charge is 0.242 e. The van der Waals surface area contributed by atoms with Crippen molar-refractivity contribution in [2.24, 2.45) is 4.99 Å². The Kier molecular flexibility index (Phi) is 7.35. The third kappa shape index (κ3) is 5.33. The molecule has 3 rings (SSSR count). The van der Waals surface area contributed by atoms with Gasteiger partial charge in [0.15, 0.2) is 5.17 Å². The van der Waals surface area contributed by atoms with Crippen LogP contribution >= 0.6 is 11.8 Å². The first-order valence-corrected chi connectivity index (χ1v) is 10.7. The molecule has 1 atom stereocenters. The van der Waals surface area contributed by atoms with Crippen LogP contribution in [0.2, 0.25) is 0 Å². The molecule has 0 bridgehead atoms. The lowest BCUT2D eigenvalue weighted by Gasteiger charge is -2.13. The summed E-state index contributed by atoms with van der Waals surface area (Å²) in [4.78, 5) is 31.5. The molecule has 1 N–H and O–H groups in total. The van der Waals surface area contributed by atoms with E-state index in [9.17, 15) is 9.59 Å². The van der Waals surface area contributed by atoms with Gasteiger partial charge in [-0.1, -0.05) is 17.8 Å². The Morgan fingerprint density at radius 2 is 1.93 bits per heavy atom. The predicted molar refractivity (Wildman–Crippen MR) is 120 cm³/mol. The number of amides is 2. The summed E-state index contributed by atoms with van der Waals surface area (Å²) in [5, 5.41) is 2.94. The molecule has 1 aliphatic heterocycles. The maximum Gasteiger partial charge on any atom is 0.242 e. The maximum absolute atomic E-state index is 12.8. The first kappa shape index (κ1) is 21.7. The van der Waals surface area contributed by atoms with Gasteiger partial charge in [-0.3, -0.25) is 14.5 Å². The summed E-state index contributed by atoms with van der Waals surface area (Å²) in [6.45, 7) is 4.84. The van der Waals surface area contributed by atoms with Crippen LogP contribution in [0.5, 0.6) is 11.5 Å². The van der Waals surface area contributed by atoms with Crippen LogP contribution in [-0.4, -0.2) is 47.4 Å². The summed E-state index contributed by atoms with van der Waals surface area (Å²) < 4.78 is 10.6. The normalized spacial score (nSPS) is 17.3. The fraction of sp³-hybridized carbons (Fsp3) is 0.318. The second-order valence-electron chi connectivity index (χ2n) is 6.49. The fourth-order valence-corrected chi connectivity index (χ4v) is 4.22. The second kappa shape index (κ2) is 10.2. The van der Waals surface area contributed by atoms with Crippen molar-refractivity contribution < 1.29 is 19.1 Å². The van der Waals surface area contributed by atoms with Gasteiger partial charge in [-0.2, -0.15) is 0 Å². The average Bonchev–Trinajstić information content (AvgIpc) is 3.03. The molecule has 1 aliphatic rings. The van der Waals surface area contributed by atoms with Gasteiger partial charge in [0, 0.05) is 24.7 Å². The molecule has 2 amide bonds. The average molecular weight is 428 g/mol. The largest absolute Gasteiger partial charge is 0.497 e. The number of hydrogen-bond acceptors (Lipinski definition) is 6. The van der Waals surface area contributed by atoms with Gasteiger partial charge in [0.05, 0.1) is 19.4 Å². The van der Waals surface area contributed by atoms with E-state index in [4.69, 9.17) is 9.47 Å². The predicted octanol–water partition coefficient (Wildman–Crippen LogP) is 4.07. The zero-order valence-corrected chi connectivity index (χ0v) is 18.1. The zero-order valence-electron chi connectivity index (χ0n) is 17.3. The van der Waals surface area contributed by atoms with Crippen LogP contribution in [0.3, 0.4) is 0 Å². The number of anilines is 1. The van der Waals surface area contributed by atoms with Crippen molar-refractivity contribution in [3.05, 3.63) is 48.5 Å². The minimum atomic E-state index is -0.503. The summed E-state index contributed by atoms with van der Waals surface area (Å²) in [6, 6.07) is 14.5. The van der Waals surface area contributed by atoms with Gasteiger partial charge in [0.1, 0.15) is 16.7 Å². The molecule has 8 heteroatoms. The van der Waals surface area contributed by atoms with Crippen molar-refractivity contribution in [2.45, 2.75) is 25.5 Å². The van der Waals surface area contributed by atoms with Crippen molar-refractivity contribution >= 4 is 40.1 Å². The molecule has 0 radical (unpaired) electrons. The van der Waals surface area contributed by atoms with Crippen molar-refractivity contribution in [1.82, 2.24) is 4.90 Å². The minimum absolute atomic E-state index is 0.0699. The highest BCUT2D eigenvalue weighted by Crippen LogP contribution is 2.32. The highest BCUT2D eigenvalue weighted by atomic mass is 32.2. The summed E-state index contributed by atoms with van der Waals surface area (Å²) in [5.41, 5.74) is 1.36. The molecule has 0 spiro atoms. The molecule has 1 heterocycles. The van der Waals surface area contributed by atoms with Crippen molar-refractivity contribution in [3.8, 4) is 11.5 Å². The van der Waals surface area contributed by atoms with Gasteiger partial charge in [0.2, 0.25) is 11.8 Å². The first-order chi connectivity index (χ1) is 14.5. The molecule has 0 saturated carbocycles. The van der Waals surface area contributed by atoms with E-state index in [1.165, 1.54) is 11.8 Å². The van der Waals surface area contributed by atoms with Crippen LogP contribution in [0.25, 0.3) is 0 Å². The van der Waals surface area contributed by atoms with Crippen LogP contribution < -0.4 is 14.8 Å². The number of amidine groups is 1. The number of thioether (sulfide) groups is 1. The molecular weight excluding hydrogens is 402 g/mol. The number of aliphatic imine (C=N–C) groups is 1. The molecule has 7 nitrogen and oxygen atoms in total. The van der Waals surface area contributed by atoms with Gasteiger partial charge in [-0.15, -0.1) is 0 Å². The summed E-state index contributed by atoms with van der Waals surface area (Å²) in [7, 11) is 1.61. The van der Waals surface area contributed by atoms with Crippen LogP contribution in [0, 0.1) is 0 Å². The summed E-state index contributed by atoms with van der Waals surface area (Å²) >= 11 is 1.32.